The van der Waals surface area contributed by atoms with Crippen LogP contribution in [0.2, 0.25) is 0 Å². The van der Waals surface area contributed by atoms with Gasteiger partial charge in [-0.2, -0.15) is 4.98 Å². The van der Waals surface area contributed by atoms with Gasteiger partial charge in [0, 0.05) is 18.2 Å². The molecule has 1 fully saturated rings. The minimum absolute atomic E-state index is 0.250. The summed E-state index contributed by atoms with van der Waals surface area (Å²) in [6.45, 7) is 8.62. The second-order valence-corrected chi connectivity index (χ2v) is 5.80. The Kier molecular flexibility index (Phi) is 4.03. The van der Waals surface area contributed by atoms with Gasteiger partial charge in [-0.05, 0) is 26.8 Å². The van der Waals surface area contributed by atoms with Gasteiger partial charge in [0.1, 0.15) is 0 Å². The summed E-state index contributed by atoms with van der Waals surface area (Å²) >= 11 is 0. The Morgan fingerprint density at radius 2 is 2.19 bits per heavy atom. The number of nitrogens with zero attached hydrogens (tertiary/aromatic N) is 3. The van der Waals surface area contributed by atoms with Crippen LogP contribution in [0.4, 0.5) is 0 Å². The van der Waals surface area contributed by atoms with Gasteiger partial charge in [-0.15, -0.1) is 0 Å². The van der Waals surface area contributed by atoms with Gasteiger partial charge < -0.3 is 9.26 Å². The summed E-state index contributed by atoms with van der Waals surface area (Å²) in [5.74, 6) is 1.31. The number of hydrogen-bond donors (Lipinski definition) is 0. The van der Waals surface area contributed by atoms with Crippen LogP contribution in [0.3, 0.4) is 0 Å². The van der Waals surface area contributed by atoms with E-state index in [2.05, 4.69) is 47.9 Å². The monoisotopic (exact) mass is 287 g/mol. The summed E-state index contributed by atoms with van der Waals surface area (Å²) in [6, 6.07) is 8.50. The van der Waals surface area contributed by atoms with Crippen molar-refractivity contribution in [2.45, 2.75) is 39.5 Å². The molecule has 0 unspecified atom stereocenters. The molecule has 5 nitrogen and oxygen atoms in total. The first-order valence-corrected chi connectivity index (χ1v) is 7.37. The largest absolute Gasteiger partial charge is 0.376 e. The van der Waals surface area contributed by atoms with Gasteiger partial charge in [0.25, 0.3) is 0 Å². The number of rotatable bonds is 3. The van der Waals surface area contributed by atoms with E-state index >= 15 is 0 Å². The molecule has 0 saturated carbocycles. The van der Waals surface area contributed by atoms with Crippen molar-refractivity contribution in [1.82, 2.24) is 15.0 Å². The maximum Gasteiger partial charge on any atom is 0.241 e. The van der Waals surface area contributed by atoms with Crippen molar-refractivity contribution < 1.29 is 9.26 Å². The molecule has 0 bridgehead atoms. The fraction of sp³-hybridized carbons (Fsp3) is 0.500. The van der Waals surface area contributed by atoms with Crippen LogP contribution in [0.15, 0.2) is 28.8 Å². The molecule has 21 heavy (non-hydrogen) atoms. The Morgan fingerprint density at radius 1 is 1.33 bits per heavy atom. The average Bonchev–Trinajstić information content (AvgIpc) is 2.91. The van der Waals surface area contributed by atoms with Crippen molar-refractivity contribution in [2.75, 3.05) is 13.2 Å². The maximum atomic E-state index is 5.64. The molecule has 2 heterocycles. The second kappa shape index (κ2) is 5.95. The van der Waals surface area contributed by atoms with Crippen molar-refractivity contribution in [2.24, 2.45) is 0 Å². The summed E-state index contributed by atoms with van der Waals surface area (Å²) in [6.07, 6.45) is 0.250. The molecule has 1 aromatic carbocycles. The van der Waals surface area contributed by atoms with E-state index in [0.717, 1.165) is 18.7 Å². The molecule has 2 aromatic rings. The summed E-state index contributed by atoms with van der Waals surface area (Å²) in [7, 11) is 0. The third-order valence-electron chi connectivity index (χ3n) is 3.82. The topological polar surface area (TPSA) is 51.4 Å². The number of morpholine rings is 1. The normalized spacial score (nSPS) is 23.4. The average molecular weight is 287 g/mol. The van der Waals surface area contributed by atoms with E-state index in [1.807, 2.05) is 12.1 Å². The van der Waals surface area contributed by atoms with Crippen LogP contribution >= 0.6 is 0 Å². The Balaban J connectivity index is 1.73. The highest BCUT2D eigenvalue weighted by Gasteiger charge is 2.25. The smallest absolute Gasteiger partial charge is 0.241 e. The van der Waals surface area contributed by atoms with Crippen LogP contribution in [-0.2, 0) is 11.3 Å². The highest BCUT2D eigenvalue weighted by Crippen LogP contribution is 2.19. The van der Waals surface area contributed by atoms with E-state index in [1.54, 1.807) is 0 Å². The predicted molar refractivity (Wildman–Crippen MR) is 79.8 cm³/mol. The third-order valence-corrected chi connectivity index (χ3v) is 3.82. The summed E-state index contributed by atoms with van der Waals surface area (Å²) in [5, 5.41) is 4.09. The Bertz CT molecular complexity index is 611. The summed E-state index contributed by atoms with van der Waals surface area (Å²) in [4.78, 5) is 6.84. The van der Waals surface area contributed by atoms with Crippen LogP contribution in [-0.4, -0.2) is 40.3 Å². The Labute approximate surface area is 124 Å². The zero-order chi connectivity index (χ0) is 14.8. The van der Waals surface area contributed by atoms with E-state index in [0.29, 0.717) is 24.3 Å². The van der Waals surface area contributed by atoms with Crippen LogP contribution in [0.5, 0.6) is 0 Å². The van der Waals surface area contributed by atoms with Crippen LogP contribution in [0.25, 0.3) is 11.4 Å². The molecule has 1 aliphatic rings. The van der Waals surface area contributed by atoms with Gasteiger partial charge in [-0.3, -0.25) is 4.90 Å². The molecule has 1 saturated heterocycles. The minimum atomic E-state index is 0.250. The molecule has 0 radical (unpaired) electrons. The molecule has 1 aliphatic heterocycles. The van der Waals surface area contributed by atoms with E-state index < -0.39 is 0 Å². The van der Waals surface area contributed by atoms with Crippen molar-refractivity contribution in [3.63, 3.8) is 0 Å². The predicted octanol–water partition coefficient (Wildman–Crippen LogP) is 2.65. The Morgan fingerprint density at radius 3 is 3.00 bits per heavy atom. The lowest BCUT2D eigenvalue weighted by atomic mass is 10.1. The standard InChI is InChI=1S/C16H21N3O2/c1-11-5-4-6-14(7-11)16-17-15(21-18-16)9-19-8-13(3)20-10-12(19)2/h4-7,12-13H,8-10H2,1-3H3/t12-,13+/m1/s1. The molecule has 0 spiro atoms. The van der Waals surface area contributed by atoms with E-state index in [9.17, 15) is 0 Å². The maximum absolute atomic E-state index is 5.64. The lowest BCUT2D eigenvalue weighted by molar-refractivity contribution is -0.0555. The van der Waals surface area contributed by atoms with Crippen LogP contribution < -0.4 is 0 Å². The molecule has 5 heteroatoms. The summed E-state index contributed by atoms with van der Waals surface area (Å²) < 4.78 is 11.0. The molecular weight excluding hydrogens is 266 g/mol. The second-order valence-electron chi connectivity index (χ2n) is 5.80. The van der Waals surface area contributed by atoms with E-state index in [-0.39, 0.29) is 6.10 Å². The molecule has 0 aliphatic carbocycles. The minimum Gasteiger partial charge on any atom is -0.376 e. The SMILES string of the molecule is Cc1cccc(-c2noc(CN3C[C@H](C)OC[C@H]3C)n2)c1. The van der Waals surface area contributed by atoms with Gasteiger partial charge in [0.05, 0.1) is 19.3 Å². The number of benzene rings is 1. The van der Waals surface area contributed by atoms with Crippen molar-refractivity contribution >= 4 is 0 Å². The highest BCUT2D eigenvalue weighted by molar-refractivity contribution is 5.55. The third kappa shape index (κ3) is 3.31. The van der Waals surface area contributed by atoms with E-state index in [4.69, 9.17) is 9.26 Å². The zero-order valence-electron chi connectivity index (χ0n) is 12.7. The van der Waals surface area contributed by atoms with Gasteiger partial charge in [0.15, 0.2) is 0 Å². The summed E-state index contributed by atoms with van der Waals surface area (Å²) in [5.41, 5.74) is 2.18. The fourth-order valence-corrected chi connectivity index (χ4v) is 2.59. The molecule has 1 aromatic heterocycles. The molecule has 0 N–H and O–H groups in total. The van der Waals surface area contributed by atoms with Crippen LogP contribution in [0.1, 0.15) is 25.3 Å². The lowest BCUT2D eigenvalue weighted by Crippen LogP contribution is -2.46. The highest BCUT2D eigenvalue weighted by atomic mass is 16.5. The van der Waals surface area contributed by atoms with Crippen molar-refractivity contribution in [3.8, 4) is 11.4 Å². The quantitative estimate of drug-likeness (QED) is 0.868. The lowest BCUT2D eigenvalue weighted by Gasteiger charge is -2.35. The molecule has 0 amide bonds. The molecule has 3 rings (SSSR count). The number of hydrogen-bond acceptors (Lipinski definition) is 5. The van der Waals surface area contributed by atoms with Crippen LogP contribution in [0, 0.1) is 6.92 Å². The molecule has 112 valence electrons. The first kappa shape index (κ1) is 14.2. The Hall–Kier alpha value is -1.72. The van der Waals surface area contributed by atoms with E-state index in [1.165, 1.54) is 5.56 Å². The van der Waals surface area contributed by atoms with Gasteiger partial charge >= 0.3 is 0 Å². The van der Waals surface area contributed by atoms with Crippen molar-refractivity contribution in [1.29, 1.82) is 0 Å². The molecular formula is C16H21N3O2. The number of ether oxygens (including phenoxy) is 1. The molecule has 2 atom stereocenters. The number of aromatic nitrogens is 2. The van der Waals surface area contributed by atoms with Gasteiger partial charge in [-0.1, -0.05) is 28.9 Å². The number of aryl methyl sites for hydroxylation is 1. The first-order chi connectivity index (χ1) is 10.1. The van der Waals surface area contributed by atoms with Crippen molar-refractivity contribution in [3.05, 3.63) is 35.7 Å². The fourth-order valence-electron chi connectivity index (χ4n) is 2.59. The zero-order valence-corrected chi connectivity index (χ0v) is 12.7. The first-order valence-electron chi connectivity index (χ1n) is 7.37. The van der Waals surface area contributed by atoms with Gasteiger partial charge in [0.2, 0.25) is 11.7 Å². The van der Waals surface area contributed by atoms with Gasteiger partial charge in [-0.25, -0.2) is 0 Å².